The lowest BCUT2D eigenvalue weighted by Crippen LogP contribution is -2.46. The van der Waals surface area contributed by atoms with Crippen LogP contribution in [0.2, 0.25) is 5.02 Å². The molecule has 4 aromatic rings. The highest BCUT2D eigenvalue weighted by Gasteiger charge is 2.64. The number of piperidine rings is 1. The fraction of sp³-hybridized carbons (Fsp3) is 0.333. The molecule has 4 heterocycles. The quantitative estimate of drug-likeness (QED) is 0.213. The summed E-state index contributed by atoms with van der Waals surface area (Å²) in [5.74, 6) is -0.566. The van der Waals surface area contributed by atoms with Crippen molar-refractivity contribution < 1.29 is 17.1 Å². The number of likely N-dealkylation sites (tertiary alicyclic amines) is 1. The summed E-state index contributed by atoms with van der Waals surface area (Å²) in [6.07, 6.45) is 3.56. The van der Waals surface area contributed by atoms with Crippen molar-refractivity contribution in [2.24, 2.45) is 5.41 Å². The van der Waals surface area contributed by atoms with Crippen LogP contribution in [0.3, 0.4) is 0 Å². The fourth-order valence-electron chi connectivity index (χ4n) is 5.66. The van der Waals surface area contributed by atoms with Crippen LogP contribution in [0.5, 0.6) is 0 Å². The number of carbonyl (C=O) groups is 3. The molecule has 1 saturated carbocycles. The highest BCUT2D eigenvalue weighted by Crippen LogP contribution is 2.59. The number of anilines is 1. The Hall–Kier alpha value is -3.63. The lowest BCUT2D eigenvalue weighted by atomic mass is 10.0. The van der Waals surface area contributed by atoms with Crippen molar-refractivity contribution in [2.45, 2.75) is 59.1 Å². The molecule has 3 atom stereocenters. The van der Waals surface area contributed by atoms with Gasteiger partial charge in [0, 0.05) is 43.9 Å². The Morgan fingerprint density at radius 3 is 2.63 bits per heavy atom. The average molecular weight is 638 g/mol. The molecule has 1 N–H and O–H groups in total. The van der Waals surface area contributed by atoms with Gasteiger partial charge in [-0.2, -0.15) is 0 Å². The van der Waals surface area contributed by atoms with E-state index >= 15 is 0 Å². The maximum absolute atomic E-state index is 14.0. The highest BCUT2D eigenvalue weighted by molar-refractivity contribution is 9.10. The number of nitrogens with one attached hydrogen (secondary N) is 1. The Balaban J connectivity index is 1.36. The number of hydrogen-bond donors (Lipinski definition) is 1. The van der Waals surface area contributed by atoms with Gasteiger partial charge in [-0.25, -0.2) is 15.0 Å². The van der Waals surface area contributed by atoms with Gasteiger partial charge < -0.3 is 14.8 Å². The molecule has 3 aromatic heterocycles. The lowest BCUT2D eigenvalue weighted by Gasteiger charge is -2.27. The largest absolute Gasteiger partial charge is 0.337 e. The van der Waals surface area contributed by atoms with Crippen LogP contribution in [-0.2, 0) is 16.1 Å². The molecule has 2 fully saturated rings. The minimum absolute atomic E-state index is 0.0721. The van der Waals surface area contributed by atoms with Gasteiger partial charge in [-0.3, -0.25) is 14.4 Å². The number of hydrogen-bond acceptors (Lipinski definition) is 6. The monoisotopic (exact) mass is 636 g/mol. The molecule has 2 aliphatic rings. The van der Waals surface area contributed by atoms with E-state index in [1.165, 1.54) is 11.8 Å². The van der Waals surface area contributed by atoms with Crippen molar-refractivity contribution in [2.75, 3.05) is 5.32 Å². The molecule has 41 heavy (non-hydrogen) atoms. The van der Waals surface area contributed by atoms with E-state index in [-0.39, 0.29) is 23.2 Å². The number of fused-ring (bicyclic) bond motifs is 2. The van der Waals surface area contributed by atoms with E-state index in [9.17, 15) is 14.4 Å². The number of aromatic nitrogens is 4. The van der Waals surface area contributed by atoms with E-state index in [4.69, 9.17) is 14.3 Å². The third-order valence-corrected chi connectivity index (χ3v) is 8.57. The van der Waals surface area contributed by atoms with Gasteiger partial charge in [0.25, 0.3) is 0 Å². The molecule has 1 aliphatic heterocycles. The number of halogens is 2. The first-order chi connectivity index (χ1) is 20.2. The van der Waals surface area contributed by atoms with E-state index in [1.54, 1.807) is 49.1 Å². The maximum Gasteiger partial charge on any atom is 0.248 e. The first-order valence-electron chi connectivity index (χ1n) is 14.1. The Bertz CT molecular complexity index is 1850. The van der Waals surface area contributed by atoms with Crippen molar-refractivity contribution >= 4 is 61.8 Å². The molecule has 0 unspecified atom stereocenters. The predicted octanol–water partition coefficient (Wildman–Crippen LogP) is 5.75. The van der Waals surface area contributed by atoms with Crippen LogP contribution in [0, 0.1) is 19.3 Å². The van der Waals surface area contributed by atoms with Gasteiger partial charge in [-0.15, -0.1) is 0 Å². The second-order valence-electron chi connectivity index (χ2n) is 10.9. The fourth-order valence-corrected chi connectivity index (χ4v) is 6.12. The van der Waals surface area contributed by atoms with Crippen LogP contribution in [0.15, 0.2) is 47.5 Å². The zero-order valence-corrected chi connectivity index (χ0v) is 25.2. The number of carbonyl (C=O) groups excluding carboxylic acids is 3. The predicted molar refractivity (Wildman–Crippen MR) is 160 cm³/mol. The van der Waals surface area contributed by atoms with Gasteiger partial charge in [0.2, 0.25) is 11.8 Å². The third-order valence-electron chi connectivity index (χ3n) is 7.83. The summed E-state index contributed by atoms with van der Waals surface area (Å²) >= 11 is 9.49. The number of benzene rings is 1. The first kappa shape index (κ1) is 25.1. The molecule has 0 spiro atoms. The molecule has 0 bridgehead atoms. The van der Waals surface area contributed by atoms with Crippen LogP contribution in [0.25, 0.3) is 22.0 Å². The van der Waals surface area contributed by atoms with Crippen molar-refractivity contribution in [3.8, 4) is 11.1 Å². The summed E-state index contributed by atoms with van der Waals surface area (Å²) in [7, 11) is 0. The zero-order valence-electron chi connectivity index (χ0n) is 24.8. The van der Waals surface area contributed by atoms with Crippen molar-refractivity contribution in [1.82, 2.24) is 24.4 Å². The van der Waals surface area contributed by atoms with Crippen molar-refractivity contribution in [3.63, 3.8) is 0 Å². The second kappa shape index (κ2) is 10.0. The third kappa shape index (κ3) is 4.93. The Morgan fingerprint density at radius 2 is 1.93 bits per heavy atom. The van der Waals surface area contributed by atoms with Gasteiger partial charge in [-0.1, -0.05) is 18.5 Å². The number of rotatable bonds is 6. The number of pyridine rings is 1. The summed E-state index contributed by atoms with van der Waals surface area (Å²) in [4.78, 5) is 54.5. The maximum atomic E-state index is 14.0. The topological polar surface area (TPSA) is 110 Å². The Labute approximate surface area is 253 Å². The number of ketones is 1. The molecule has 9 nitrogen and oxygen atoms in total. The smallest absolute Gasteiger partial charge is 0.248 e. The number of aryl methyl sites for hydroxylation is 2. The molecule has 210 valence electrons. The van der Waals surface area contributed by atoms with E-state index in [0.29, 0.717) is 33.3 Å². The molecule has 0 radical (unpaired) electrons. The molecular formula is C30H28BrClN6O3. The van der Waals surface area contributed by atoms with Crippen LogP contribution in [-0.4, -0.2) is 54.1 Å². The molecule has 11 heteroatoms. The standard InChI is InChI=1S/C30H28BrClN6O3/c1-15-7-18(19-11-33-17(3)34-12-19)8-20-21(16(2)39)13-37(27(15)20)14-26(40)38-23(9-30(4)10-24(30)38)29(41)36-28-22(32)5-6-25(31)35-28/h5-8,11-13,23-24H,9-10,14H2,1-4H3,(H,35,36,41)/t23-,24+,30-/m0/s1/i9D2. The SMILES string of the molecule is [2H]C1([2H])[C@@H](C(=O)Nc2nc(Br)ccc2Cl)N(C(=O)Cn2cc(C(C)=O)c3cc(-c4cnc(C)nc4)cc(C)c32)[C@@H]2C[C@@]21C. The zero-order chi connectivity index (χ0) is 31.0. The normalized spacial score (nSPS) is 23.1. The molecule has 1 saturated heterocycles. The van der Waals surface area contributed by atoms with Gasteiger partial charge in [0.1, 0.15) is 23.0 Å². The van der Waals surface area contributed by atoms with Gasteiger partial charge in [0.15, 0.2) is 11.6 Å². The van der Waals surface area contributed by atoms with Crippen LogP contribution < -0.4 is 5.32 Å². The summed E-state index contributed by atoms with van der Waals surface area (Å²) in [5.41, 5.74) is 2.78. The van der Waals surface area contributed by atoms with Crippen LogP contribution >= 0.6 is 27.5 Å². The average Bonchev–Trinajstić information content (AvgIpc) is 3.43. The summed E-state index contributed by atoms with van der Waals surface area (Å²) in [6.45, 7) is 6.77. The number of amides is 2. The summed E-state index contributed by atoms with van der Waals surface area (Å²) < 4.78 is 20.0. The highest BCUT2D eigenvalue weighted by atomic mass is 79.9. The van der Waals surface area contributed by atoms with E-state index in [0.717, 1.165) is 16.7 Å². The van der Waals surface area contributed by atoms with E-state index in [2.05, 4.69) is 36.2 Å². The molecule has 1 aromatic carbocycles. The van der Waals surface area contributed by atoms with Crippen LogP contribution in [0.4, 0.5) is 5.82 Å². The second-order valence-corrected chi connectivity index (χ2v) is 12.1. The van der Waals surface area contributed by atoms with Gasteiger partial charge in [-0.05, 0) is 90.3 Å². The van der Waals surface area contributed by atoms with E-state index < -0.39 is 35.7 Å². The molecular weight excluding hydrogens is 608 g/mol. The lowest BCUT2D eigenvalue weighted by molar-refractivity contribution is -0.138. The van der Waals surface area contributed by atoms with Crippen molar-refractivity contribution in [3.05, 3.63) is 69.4 Å². The van der Waals surface area contributed by atoms with Gasteiger partial charge >= 0.3 is 0 Å². The Kier molecular flexibility index (Phi) is 6.14. The summed E-state index contributed by atoms with van der Waals surface area (Å²) in [6, 6.07) is 5.19. The number of Topliss-reactive ketones (excluding diaryl/α,β-unsaturated/α-hetero) is 1. The van der Waals surface area contributed by atoms with Crippen molar-refractivity contribution in [1.29, 1.82) is 0 Å². The molecule has 1 aliphatic carbocycles. The number of nitrogens with zero attached hydrogens (tertiary/aromatic N) is 5. The molecule has 2 amide bonds. The van der Waals surface area contributed by atoms with E-state index in [1.807, 2.05) is 19.1 Å². The summed E-state index contributed by atoms with van der Waals surface area (Å²) in [5, 5.41) is 3.51. The minimum atomic E-state index is -2.00. The first-order valence-corrected chi connectivity index (χ1v) is 14.3. The minimum Gasteiger partial charge on any atom is -0.337 e. The Morgan fingerprint density at radius 1 is 1.20 bits per heavy atom. The van der Waals surface area contributed by atoms with Gasteiger partial charge in [0.05, 0.1) is 10.5 Å². The van der Waals surface area contributed by atoms with Crippen LogP contribution in [0.1, 0.15) is 51.1 Å². The molecule has 6 rings (SSSR count).